The van der Waals surface area contributed by atoms with E-state index in [4.69, 9.17) is 5.26 Å². The molecule has 3 heterocycles. The van der Waals surface area contributed by atoms with Gasteiger partial charge in [-0.2, -0.15) is 5.26 Å². The van der Waals surface area contributed by atoms with Crippen LogP contribution in [0.5, 0.6) is 0 Å². The maximum absolute atomic E-state index is 13.5. The molecule has 0 radical (unpaired) electrons. The average Bonchev–Trinajstić information content (AvgIpc) is 3.60. The molecule has 2 amide bonds. The summed E-state index contributed by atoms with van der Waals surface area (Å²) in [5.41, 5.74) is 2.86. The molecule has 1 saturated carbocycles. The quantitative estimate of drug-likeness (QED) is 0.553. The molecule has 0 aromatic heterocycles. The normalized spacial score (nSPS) is 25.2. The van der Waals surface area contributed by atoms with Crippen molar-refractivity contribution in [2.75, 3.05) is 39.3 Å². The van der Waals surface area contributed by atoms with Crippen LogP contribution in [0.1, 0.15) is 61.1 Å². The summed E-state index contributed by atoms with van der Waals surface area (Å²) in [5, 5.41) is 9.04. The zero-order chi connectivity index (χ0) is 26.1. The largest absolute Gasteiger partial charge is 0.342 e. The Labute approximate surface area is 226 Å². The highest BCUT2D eigenvalue weighted by Crippen LogP contribution is 2.43. The Kier molecular flexibility index (Phi) is 6.97. The number of nitriles is 1. The predicted molar refractivity (Wildman–Crippen MR) is 146 cm³/mol. The Morgan fingerprint density at radius 2 is 1.66 bits per heavy atom. The van der Waals surface area contributed by atoms with Crippen LogP contribution in [0, 0.1) is 28.6 Å². The Bertz CT molecular complexity index is 1190. The highest BCUT2D eigenvalue weighted by molar-refractivity contribution is 5.85. The molecule has 0 N–H and O–H groups in total. The average molecular weight is 511 g/mol. The summed E-state index contributed by atoms with van der Waals surface area (Å²) in [6, 6.07) is 20.5. The molecule has 3 aliphatic heterocycles. The van der Waals surface area contributed by atoms with Crippen molar-refractivity contribution in [2.45, 2.75) is 51.0 Å². The van der Waals surface area contributed by atoms with E-state index >= 15 is 0 Å². The maximum Gasteiger partial charge on any atom is 0.229 e. The lowest BCUT2D eigenvalue weighted by Gasteiger charge is -2.39. The van der Waals surface area contributed by atoms with Crippen molar-refractivity contribution in [1.82, 2.24) is 14.7 Å². The van der Waals surface area contributed by atoms with E-state index in [0.29, 0.717) is 41.7 Å². The van der Waals surface area contributed by atoms with Crippen molar-refractivity contribution >= 4 is 11.8 Å². The van der Waals surface area contributed by atoms with E-state index in [0.717, 1.165) is 70.5 Å². The molecule has 1 aliphatic carbocycles. The third-order valence-corrected chi connectivity index (χ3v) is 9.55. The van der Waals surface area contributed by atoms with Gasteiger partial charge in [0.25, 0.3) is 0 Å². The number of amides is 2. The zero-order valence-electron chi connectivity index (χ0n) is 22.2. The van der Waals surface area contributed by atoms with E-state index < -0.39 is 0 Å². The standard InChI is InChI=1S/C32H38N4O2/c33-19-25-8-10-26(11-9-25)20-35-17-14-32(31(35)38)12-15-34(16-13-32)21-28-22-36(30(37)18-24-6-7-24)23-29(28)27-4-2-1-3-5-27/h1-5,8-11,24,28-29H,6-7,12-18,20-23H2. The van der Waals surface area contributed by atoms with Gasteiger partial charge in [0, 0.05) is 45.1 Å². The number of hydrogen-bond acceptors (Lipinski definition) is 4. The zero-order valence-corrected chi connectivity index (χ0v) is 22.2. The first kappa shape index (κ1) is 25.1. The number of benzene rings is 2. The van der Waals surface area contributed by atoms with Crippen molar-refractivity contribution in [3.63, 3.8) is 0 Å². The van der Waals surface area contributed by atoms with Crippen LogP contribution in [0.15, 0.2) is 54.6 Å². The number of piperidine rings is 1. The number of carbonyl (C=O) groups is 2. The van der Waals surface area contributed by atoms with Gasteiger partial charge < -0.3 is 14.7 Å². The van der Waals surface area contributed by atoms with E-state index in [9.17, 15) is 9.59 Å². The number of hydrogen-bond donors (Lipinski definition) is 0. The van der Waals surface area contributed by atoms with Gasteiger partial charge >= 0.3 is 0 Å². The highest BCUT2D eigenvalue weighted by atomic mass is 16.2. The Morgan fingerprint density at radius 1 is 0.947 bits per heavy atom. The second kappa shape index (κ2) is 10.5. The van der Waals surface area contributed by atoms with Gasteiger partial charge in [0.05, 0.1) is 17.0 Å². The molecule has 6 rings (SSSR count). The van der Waals surface area contributed by atoms with E-state index in [-0.39, 0.29) is 5.41 Å². The molecule has 4 fully saturated rings. The molecule has 1 spiro atoms. The van der Waals surface area contributed by atoms with Gasteiger partial charge in [-0.15, -0.1) is 0 Å². The van der Waals surface area contributed by atoms with Crippen molar-refractivity contribution in [1.29, 1.82) is 5.26 Å². The third kappa shape index (κ3) is 5.22. The number of likely N-dealkylation sites (tertiary alicyclic amines) is 3. The van der Waals surface area contributed by atoms with Crippen molar-refractivity contribution in [2.24, 2.45) is 17.3 Å². The van der Waals surface area contributed by atoms with Crippen LogP contribution in [0.3, 0.4) is 0 Å². The molecule has 2 unspecified atom stereocenters. The van der Waals surface area contributed by atoms with E-state index in [2.05, 4.69) is 46.2 Å². The van der Waals surface area contributed by atoms with Crippen LogP contribution < -0.4 is 0 Å². The first-order valence-corrected chi connectivity index (χ1v) is 14.4. The summed E-state index contributed by atoms with van der Waals surface area (Å²) in [7, 11) is 0. The molecule has 198 valence electrons. The fourth-order valence-electron chi connectivity index (χ4n) is 6.94. The SMILES string of the molecule is N#Cc1ccc(CN2CCC3(CCN(CC4CN(C(=O)CC5CC5)CC4c4ccccc4)CC3)C2=O)cc1. The van der Waals surface area contributed by atoms with Gasteiger partial charge in [-0.1, -0.05) is 42.5 Å². The van der Waals surface area contributed by atoms with Crippen LogP contribution >= 0.6 is 0 Å². The summed E-state index contributed by atoms with van der Waals surface area (Å²) in [5.74, 6) is 2.08. The van der Waals surface area contributed by atoms with Crippen LogP contribution in [0.4, 0.5) is 0 Å². The molecule has 0 bridgehead atoms. The predicted octanol–water partition coefficient (Wildman–Crippen LogP) is 4.42. The van der Waals surface area contributed by atoms with Crippen molar-refractivity contribution in [3.05, 3.63) is 71.3 Å². The fourth-order valence-corrected chi connectivity index (χ4v) is 6.94. The highest BCUT2D eigenvalue weighted by Gasteiger charge is 2.48. The third-order valence-electron chi connectivity index (χ3n) is 9.55. The second-order valence-corrected chi connectivity index (χ2v) is 12.1. The minimum Gasteiger partial charge on any atom is -0.342 e. The lowest BCUT2D eigenvalue weighted by molar-refractivity contribution is -0.139. The van der Waals surface area contributed by atoms with E-state index in [1.807, 2.05) is 29.2 Å². The van der Waals surface area contributed by atoms with Crippen molar-refractivity contribution in [3.8, 4) is 6.07 Å². The minimum atomic E-state index is -0.218. The van der Waals surface area contributed by atoms with Crippen molar-refractivity contribution < 1.29 is 9.59 Å². The Hall–Kier alpha value is -3.17. The van der Waals surface area contributed by atoms with Crippen LogP contribution in [-0.2, 0) is 16.1 Å². The summed E-state index contributed by atoms with van der Waals surface area (Å²) in [6.07, 6.45) is 5.93. The molecule has 38 heavy (non-hydrogen) atoms. The fraction of sp³-hybridized carbons (Fsp3) is 0.531. The summed E-state index contributed by atoms with van der Waals surface area (Å²) in [6.45, 7) is 6.02. The number of rotatable bonds is 7. The van der Waals surface area contributed by atoms with Gasteiger partial charge in [0.2, 0.25) is 11.8 Å². The molecule has 2 aromatic rings. The molecular weight excluding hydrogens is 472 g/mol. The first-order chi connectivity index (χ1) is 18.5. The van der Waals surface area contributed by atoms with Gasteiger partial charge in [0.1, 0.15) is 0 Å². The molecule has 6 nitrogen and oxygen atoms in total. The maximum atomic E-state index is 13.5. The topological polar surface area (TPSA) is 67.7 Å². The molecular formula is C32H38N4O2. The Balaban J connectivity index is 1.07. The van der Waals surface area contributed by atoms with E-state index in [1.54, 1.807) is 0 Å². The Morgan fingerprint density at radius 3 is 2.34 bits per heavy atom. The smallest absolute Gasteiger partial charge is 0.229 e. The van der Waals surface area contributed by atoms with Gasteiger partial charge in [0.15, 0.2) is 0 Å². The van der Waals surface area contributed by atoms with Crippen LogP contribution in [-0.4, -0.2) is 65.8 Å². The summed E-state index contributed by atoms with van der Waals surface area (Å²) >= 11 is 0. The van der Waals surface area contributed by atoms with Gasteiger partial charge in [-0.05, 0) is 80.3 Å². The van der Waals surface area contributed by atoms with Gasteiger partial charge in [-0.3, -0.25) is 9.59 Å². The lowest BCUT2D eigenvalue weighted by Crippen LogP contribution is -2.46. The summed E-state index contributed by atoms with van der Waals surface area (Å²) in [4.78, 5) is 33.2. The molecule has 4 aliphatic rings. The molecule has 3 saturated heterocycles. The van der Waals surface area contributed by atoms with E-state index in [1.165, 1.54) is 18.4 Å². The number of nitrogens with zero attached hydrogens (tertiary/aromatic N) is 4. The second-order valence-electron chi connectivity index (χ2n) is 12.1. The molecule has 2 aromatic carbocycles. The summed E-state index contributed by atoms with van der Waals surface area (Å²) < 4.78 is 0. The van der Waals surface area contributed by atoms with Crippen LogP contribution in [0.2, 0.25) is 0 Å². The lowest BCUT2D eigenvalue weighted by atomic mass is 9.76. The van der Waals surface area contributed by atoms with Crippen LogP contribution in [0.25, 0.3) is 0 Å². The number of carbonyl (C=O) groups excluding carboxylic acids is 2. The monoisotopic (exact) mass is 510 g/mol. The molecule has 2 atom stereocenters. The van der Waals surface area contributed by atoms with Gasteiger partial charge in [-0.25, -0.2) is 0 Å². The molecule has 6 heteroatoms. The minimum absolute atomic E-state index is 0.218. The first-order valence-electron chi connectivity index (χ1n) is 14.4.